The molecule has 17 heavy (non-hydrogen) atoms. The topological polar surface area (TPSA) is 37.3 Å². The van der Waals surface area contributed by atoms with Crippen LogP contribution in [0.5, 0.6) is 0 Å². The molecule has 1 aliphatic rings. The quantitative estimate of drug-likeness (QED) is 0.836. The third-order valence-electron chi connectivity index (χ3n) is 2.67. The zero-order valence-corrected chi connectivity index (χ0v) is 10.3. The molecule has 0 amide bonds. The molecule has 1 aromatic rings. The molecule has 1 aromatic carbocycles. The van der Waals surface area contributed by atoms with Gasteiger partial charge in [-0.2, -0.15) is 0 Å². The molecule has 0 spiro atoms. The van der Waals surface area contributed by atoms with Crippen LogP contribution < -0.4 is 0 Å². The number of hydrogen-bond donors (Lipinski definition) is 1. The number of alkyl halides is 2. The van der Waals surface area contributed by atoms with Gasteiger partial charge in [-0.25, -0.2) is 4.79 Å². The normalized spacial score (nSPS) is 27.6. The van der Waals surface area contributed by atoms with Crippen LogP contribution in [0.1, 0.15) is 5.56 Å². The summed E-state index contributed by atoms with van der Waals surface area (Å²) in [6, 6.07) is 9.60. The van der Waals surface area contributed by atoms with Crippen LogP contribution in [0, 0.1) is 0 Å². The second-order valence-electron chi connectivity index (χ2n) is 3.80. The third-order valence-corrected chi connectivity index (χ3v) is 3.77. The predicted octanol–water partition coefficient (Wildman–Crippen LogP) is 3.31. The lowest BCUT2D eigenvalue weighted by Gasteiger charge is -2.26. The van der Waals surface area contributed by atoms with E-state index < -0.39 is 16.2 Å². The fourth-order valence-electron chi connectivity index (χ4n) is 1.65. The van der Waals surface area contributed by atoms with Crippen molar-refractivity contribution in [1.82, 2.24) is 0 Å². The average molecular weight is 269 g/mol. The van der Waals surface area contributed by atoms with Gasteiger partial charge in [0.1, 0.15) is 0 Å². The van der Waals surface area contributed by atoms with E-state index in [0.29, 0.717) is 0 Å². The molecule has 2 nitrogen and oxygen atoms in total. The summed E-state index contributed by atoms with van der Waals surface area (Å²) in [5.41, 5.74) is 1.86. The molecule has 0 bridgehead atoms. The SMILES string of the molecule is O=C(O)C1(Cl)C=CC(c2ccccc2)=CC1Cl. The molecule has 1 aliphatic carbocycles. The molecule has 2 unspecified atom stereocenters. The van der Waals surface area contributed by atoms with Crippen LogP contribution in [0.25, 0.3) is 5.57 Å². The minimum Gasteiger partial charge on any atom is -0.480 e. The maximum absolute atomic E-state index is 11.0. The van der Waals surface area contributed by atoms with E-state index in [2.05, 4.69) is 0 Å². The van der Waals surface area contributed by atoms with Crippen LogP contribution >= 0.6 is 23.2 Å². The summed E-state index contributed by atoms with van der Waals surface area (Å²) in [6.07, 6.45) is 4.78. The number of carbonyl (C=O) groups is 1. The lowest BCUT2D eigenvalue weighted by Crippen LogP contribution is -2.40. The van der Waals surface area contributed by atoms with E-state index in [1.165, 1.54) is 6.08 Å². The summed E-state index contributed by atoms with van der Waals surface area (Å²) in [4.78, 5) is 9.48. The molecule has 0 saturated carbocycles. The molecule has 1 N–H and O–H groups in total. The van der Waals surface area contributed by atoms with Gasteiger partial charge in [-0.1, -0.05) is 48.6 Å². The Morgan fingerprint density at radius 3 is 2.47 bits per heavy atom. The van der Waals surface area contributed by atoms with Gasteiger partial charge in [0.15, 0.2) is 4.87 Å². The summed E-state index contributed by atoms with van der Waals surface area (Å²) in [7, 11) is 0. The molecule has 0 fully saturated rings. The van der Waals surface area contributed by atoms with Gasteiger partial charge in [-0.15, -0.1) is 23.2 Å². The van der Waals surface area contributed by atoms with Gasteiger partial charge in [-0.3, -0.25) is 0 Å². The first-order valence-corrected chi connectivity index (χ1v) is 5.88. The van der Waals surface area contributed by atoms with Crippen LogP contribution in [0.4, 0.5) is 0 Å². The average Bonchev–Trinajstić information content (AvgIpc) is 2.33. The molecule has 0 saturated heterocycles. The number of carboxylic acids is 1. The lowest BCUT2D eigenvalue weighted by molar-refractivity contribution is -0.138. The number of halogens is 2. The van der Waals surface area contributed by atoms with Crippen LogP contribution in [-0.4, -0.2) is 21.3 Å². The van der Waals surface area contributed by atoms with Crippen molar-refractivity contribution in [2.24, 2.45) is 0 Å². The van der Waals surface area contributed by atoms with Crippen molar-refractivity contribution in [3.63, 3.8) is 0 Å². The van der Waals surface area contributed by atoms with Crippen LogP contribution in [-0.2, 0) is 4.79 Å². The van der Waals surface area contributed by atoms with Gasteiger partial charge in [0.05, 0.1) is 5.38 Å². The number of allylic oxidation sites excluding steroid dienone is 3. The Hall–Kier alpha value is -1.25. The van der Waals surface area contributed by atoms with Crippen LogP contribution in [0.15, 0.2) is 48.6 Å². The molecule has 0 aromatic heterocycles. The fourth-order valence-corrected chi connectivity index (χ4v) is 2.08. The summed E-state index contributed by atoms with van der Waals surface area (Å²) >= 11 is 12.0. The molecule has 4 heteroatoms. The van der Waals surface area contributed by atoms with Crippen molar-refractivity contribution in [2.75, 3.05) is 0 Å². The standard InChI is InChI=1S/C13H10Cl2O2/c14-11-8-10(9-4-2-1-3-5-9)6-7-13(11,15)12(16)17/h1-8,11H,(H,16,17). The maximum Gasteiger partial charge on any atom is 0.330 e. The number of hydrogen-bond acceptors (Lipinski definition) is 1. The number of aliphatic carboxylic acids is 1. The van der Waals surface area contributed by atoms with E-state index in [-0.39, 0.29) is 0 Å². The molecule has 0 aliphatic heterocycles. The van der Waals surface area contributed by atoms with Crippen molar-refractivity contribution in [2.45, 2.75) is 10.3 Å². The Morgan fingerprint density at radius 2 is 1.94 bits per heavy atom. The van der Waals surface area contributed by atoms with E-state index in [4.69, 9.17) is 28.3 Å². The number of carboxylic acid groups (broad SMARTS) is 1. The van der Waals surface area contributed by atoms with Crippen LogP contribution in [0.2, 0.25) is 0 Å². The minimum atomic E-state index is -1.56. The highest BCUT2D eigenvalue weighted by molar-refractivity contribution is 6.42. The zero-order valence-electron chi connectivity index (χ0n) is 8.81. The van der Waals surface area contributed by atoms with Gasteiger partial charge >= 0.3 is 5.97 Å². The van der Waals surface area contributed by atoms with Crippen molar-refractivity contribution < 1.29 is 9.90 Å². The second kappa shape index (κ2) is 4.55. The largest absolute Gasteiger partial charge is 0.480 e. The van der Waals surface area contributed by atoms with E-state index in [0.717, 1.165) is 11.1 Å². The highest BCUT2D eigenvalue weighted by atomic mass is 35.5. The van der Waals surface area contributed by atoms with Gasteiger partial charge in [-0.05, 0) is 11.1 Å². The zero-order chi connectivity index (χ0) is 12.5. The van der Waals surface area contributed by atoms with Crippen molar-refractivity contribution in [1.29, 1.82) is 0 Å². The van der Waals surface area contributed by atoms with E-state index in [1.807, 2.05) is 30.3 Å². The molecule has 0 heterocycles. The predicted molar refractivity (Wildman–Crippen MR) is 69.4 cm³/mol. The van der Waals surface area contributed by atoms with Crippen LogP contribution in [0.3, 0.4) is 0 Å². The van der Waals surface area contributed by atoms with Crippen molar-refractivity contribution >= 4 is 34.7 Å². The monoisotopic (exact) mass is 268 g/mol. The summed E-state index contributed by atoms with van der Waals surface area (Å²) < 4.78 is 0. The van der Waals surface area contributed by atoms with Crippen molar-refractivity contribution in [3.05, 3.63) is 54.1 Å². The third kappa shape index (κ3) is 2.24. The highest BCUT2D eigenvalue weighted by Gasteiger charge is 2.42. The van der Waals surface area contributed by atoms with Gasteiger partial charge < -0.3 is 5.11 Å². The fraction of sp³-hybridized carbons (Fsp3) is 0.154. The Morgan fingerprint density at radius 1 is 1.29 bits per heavy atom. The number of benzene rings is 1. The molecule has 2 atom stereocenters. The van der Waals surface area contributed by atoms with Gasteiger partial charge in [0, 0.05) is 0 Å². The Labute approximate surface area is 109 Å². The minimum absolute atomic E-state index is 0.776. The lowest BCUT2D eigenvalue weighted by atomic mass is 9.92. The van der Waals surface area contributed by atoms with E-state index >= 15 is 0 Å². The molecular weight excluding hydrogens is 259 g/mol. The Balaban J connectivity index is 2.34. The first kappa shape index (κ1) is 12.2. The Bertz CT molecular complexity index is 493. The first-order valence-electron chi connectivity index (χ1n) is 5.07. The number of rotatable bonds is 2. The second-order valence-corrected chi connectivity index (χ2v) is 4.89. The maximum atomic E-state index is 11.0. The summed E-state index contributed by atoms with van der Waals surface area (Å²) in [6.45, 7) is 0. The Kier molecular flexibility index (Phi) is 3.27. The summed E-state index contributed by atoms with van der Waals surface area (Å²) in [5, 5.41) is 8.25. The van der Waals surface area contributed by atoms with E-state index in [1.54, 1.807) is 12.2 Å². The van der Waals surface area contributed by atoms with Gasteiger partial charge in [0.25, 0.3) is 0 Å². The summed E-state index contributed by atoms with van der Waals surface area (Å²) in [5.74, 6) is -1.14. The molecular formula is C13H10Cl2O2. The van der Waals surface area contributed by atoms with Gasteiger partial charge in [0.2, 0.25) is 0 Å². The first-order chi connectivity index (χ1) is 8.04. The molecule has 2 rings (SSSR count). The van der Waals surface area contributed by atoms with Crippen molar-refractivity contribution in [3.8, 4) is 0 Å². The molecule has 0 radical (unpaired) electrons. The van der Waals surface area contributed by atoms with E-state index in [9.17, 15) is 4.79 Å². The smallest absolute Gasteiger partial charge is 0.330 e. The highest BCUT2D eigenvalue weighted by Crippen LogP contribution is 2.35. The molecule has 88 valence electrons.